The third kappa shape index (κ3) is 3.55. The standard InChI is InChI=1S/C19H17BrF3NO2/c20-13-4-6-17(18(8-13)25-14-9-24-10-14)26-16-5-2-11-1-3-12(7-15(11)16)19(21,22)23/h1,3-4,6-8,14,16,24H,2,5,9-10H2. The van der Waals surface area contributed by atoms with E-state index in [-0.39, 0.29) is 6.10 Å². The van der Waals surface area contributed by atoms with Crippen molar-refractivity contribution in [3.05, 3.63) is 57.6 Å². The van der Waals surface area contributed by atoms with Gasteiger partial charge in [-0.3, -0.25) is 0 Å². The third-order valence-electron chi connectivity index (χ3n) is 4.71. The summed E-state index contributed by atoms with van der Waals surface area (Å²) in [7, 11) is 0. The van der Waals surface area contributed by atoms with E-state index >= 15 is 0 Å². The van der Waals surface area contributed by atoms with Gasteiger partial charge in [0.2, 0.25) is 0 Å². The fourth-order valence-corrected chi connectivity index (χ4v) is 3.55. The highest BCUT2D eigenvalue weighted by Gasteiger charge is 2.34. The van der Waals surface area contributed by atoms with Crippen molar-refractivity contribution in [2.45, 2.75) is 31.2 Å². The van der Waals surface area contributed by atoms with Gasteiger partial charge in [-0.15, -0.1) is 0 Å². The van der Waals surface area contributed by atoms with Crippen LogP contribution in [0.4, 0.5) is 13.2 Å². The molecule has 26 heavy (non-hydrogen) atoms. The number of benzene rings is 2. The lowest BCUT2D eigenvalue weighted by molar-refractivity contribution is -0.137. The maximum absolute atomic E-state index is 13.0. The highest BCUT2D eigenvalue weighted by molar-refractivity contribution is 9.10. The van der Waals surface area contributed by atoms with E-state index in [1.54, 1.807) is 12.1 Å². The second-order valence-electron chi connectivity index (χ2n) is 6.55. The predicted molar refractivity (Wildman–Crippen MR) is 94.6 cm³/mol. The Balaban J connectivity index is 1.60. The molecule has 2 aliphatic rings. The third-order valence-corrected chi connectivity index (χ3v) is 5.20. The minimum atomic E-state index is -4.36. The molecule has 2 aromatic rings. The van der Waals surface area contributed by atoms with Crippen LogP contribution in [0.15, 0.2) is 40.9 Å². The Kier molecular flexibility index (Phi) is 4.61. The van der Waals surface area contributed by atoms with Crippen molar-refractivity contribution in [2.75, 3.05) is 13.1 Å². The van der Waals surface area contributed by atoms with E-state index in [1.807, 2.05) is 12.1 Å². The number of aryl methyl sites for hydroxylation is 1. The molecular formula is C19H17BrF3NO2. The zero-order chi connectivity index (χ0) is 18.3. The quantitative estimate of drug-likeness (QED) is 0.753. The predicted octanol–water partition coefficient (Wildman–Crippen LogP) is 4.88. The summed E-state index contributed by atoms with van der Waals surface area (Å²) < 4.78 is 52.0. The van der Waals surface area contributed by atoms with E-state index in [0.717, 1.165) is 29.2 Å². The second kappa shape index (κ2) is 6.78. The lowest BCUT2D eigenvalue weighted by Gasteiger charge is -2.29. The van der Waals surface area contributed by atoms with Gasteiger partial charge in [0, 0.05) is 17.6 Å². The Morgan fingerprint density at radius 2 is 1.81 bits per heavy atom. The molecule has 1 atom stereocenters. The topological polar surface area (TPSA) is 30.5 Å². The summed E-state index contributed by atoms with van der Waals surface area (Å²) in [5, 5.41) is 3.14. The van der Waals surface area contributed by atoms with Crippen LogP contribution in [0, 0.1) is 0 Å². The van der Waals surface area contributed by atoms with Crippen LogP contribution in [0.25, 0.3) is 0 Å². The summed E-state index contributed by atoms with van der Waals surface area (Å²) in [6, 6.07) is 9.36. The molecule has 0 saturated carbocycles. The molecule has 3 nitrogen and oxygen atoms in total. The molecule has 138 valence electrons. The summed E-state index contributed by atoms with van der Waals surface area (Å²) in [6.07, 6.45) is -3.32. The molecule has 1 aliphatic heterocycles. The van der Waals surface area contributed by atoms with Crippen LogP contribution in [-0.2, 0) is 12.6 Å². The molecule has 1 heterocycles. The van der Waals surface area contributed by atoms with Crippen LogP contribution in [0.5, 0.6) is 11.5 Å². The summed E-state index contributed by atoms with van der Waals surface area (Å²) in [5.74, 6) is 1.15. The minimum Gasteiger partial charge on any atom is -0.484 e. The normalized spacial score (nSPS) is 19.8. The van der Waals surface area contributed by atoms with Crippen LogP contribution < -0.4 is 14.8 Å². The van der Waals surface area contributed by atoms with Gasteiger partial charge in [-0.25, -0.2) is 0 Å². The van der Waals surface area contributed by atoms with E-state index in [4.69, 9.17) is 9.47 Å². The molecule has 1 saturated heterocycles. The molecule has 0 bridgehead atoms. The summed E-state index contributed by atoms with van der Waals surface area (Å²) in [5.41, 5.74) is 0.879. The smallest absolute Gasteiger partial charge is 0.416 e. The van der Waals surface area contributed by atoms with Gasteiger partial charge in [0.05, 0.1) is 5.56 Å². The van der Waals surface area contributed by atoms with Gasteiger partial charge in [-0.2, -0.15) is 13.2 Å². The average molecular weight is 428 g/mol. The van der Waals surface area contributed by atoms with E-state index in [2.05, 4.69) is 21.2 Å². The highest BCUT2D eigenvalue weighted by Crippen LogP contribution is 2.41. The molecule has 2 aromatic carbocycles. The van der Waals surface area contributed by atoms with Crippen molar-refractivity contribution in [1.82, 2.24) is 5.32 Å². The molecule has 0 amide bonds. The first kappa shape index (κ1) is 17.7. The Morgan fingerprint density at radius 1 is 1.00 bits per heavy atom. The first-order valence-corrected chi connectivity index (χ1v) is 9.23. The number of alkyl halides is 3. The van der Waals surface area contributed by atoms with Crippen molar-refractivity contribution in [1.29, 1.82) is 0 Å². The van der Waals surface area contributed by atoms with E-state index < -0.39 is 17.8 Å². The van der Waals surface area contributed by atoms with Crippen molar-refractivity contribution in [3.63, 3.8) is 0 Å². The zero-order valence-electron chi connectivity index (χ0n) is 13.8. The van der Waals surface area contributed by atoms with Crippen LogP contribution >= 0.6 is 15.9 Å². The van der Waals surface area contributed by atoms with E-state index in [9.17, 15) is 13.2 Å². The molecule has 1 aliphatic carbocycles. The van der Waals surface area contributed by atoms with E-state index in [1.165, 1.54) is 6.07 Å². The van der Waals surface area contributed by atoms with Gasteiger partial charge in [-0.05, 0) is 54.3 Å². The van der Waals surface area contributed by atoms with Crippen LogP contribution in [0.1, 0.15) is 29.2 Å². The van der Waals surface area contributed by atoms with Crippen LogP contribution in [0.3, 0.4) is 0 Å². The van der Waals surface area contributed by atoms with Crippen molar-refractivity contribution in [3.8, 4) is 11.5 Å². The van der Waals surface area contributed by atoms with E-state index in [0.29, 0.717) is 29.9 Å². The number of rotatable bonds is 4. The Morgan fingerprint density at radius 3 is 2.50 bits per heavy atom. The number of hydrogen-bond donors (Lipinski definition) is 1. The number of halogens is 4. The summed E-state index contributed by atoms with van der Waals surface area (Å²) in [6.45, 7) is 1.54. The van der Waals surface area contributed by atoms with Gasteiger partial charge in [0.15, 0.2) is 11.5 Å². The maximum atomic E-state index is 13.0. The lowest BCUT2D eigenvalue weighted by atomic mass is 10.1. The van der Waals surface area contributed by atoms with Crippen molar-refractivity contribution < 1.29 is 22.6 Å². The molecule has 1 unspecified atom stereocenters. The highest BCUT2D eigenvalue weighted by atomic mass is 79.9. The molecule has 0 aromatic heterocycles. The number of fused-ring (bicyclic) bond motifs is 1. The molecular weight excluding hydrogens is 411 g/mol. The summed E-state index contributed by atoms with van der Waals surface area (Å²) >= 11 is 3.42. The number of ether oxygens (including phenoxy) is 2. The molecule has 1 N–H and O–H groups in total. The zero-order valence-corrected chi connectivity index (χ0v) is 15.4. The van der Waals surface area contributed by atoms with Gasteiger partial charge >= 0.3 is 6.18 Å². The molecule has 7 heteroatoms. The van der Waals surface area contributed by atoms with Crippen molar-refractivity contribution >= 4 is 15.9 Å². The van der Waals surface area contributed by atoms with Gasteiger partial charge in [-0.1, -0.05) is 22.0 Å². The maximum Gasteiger partial charge on any atom is 0.416 e. The van der Waals surface area contributed by atoms with Crippen LogP contribution in [-0.4, -0.2) is 19.2 Å². The second-order valence-corrected chi connectivity index (χ2v) is 7.46. The summed E-state index contributed by atoms with van der Waals surface area (Å²) in [4.78, 5) is 0. The van der Waals surface area contributed by atoms with Gasteiger partial charge < -0.3 is 14.8 Å². The van der Waals surface area contributed by atoms with Gasteiger partial charge in [0.1, 0.15) is 12.2 Å². The van der Waals surface area contributed by atoms with Crippen molar-refractivity contribution in [2.24, 2.45) is 0 Å². The first-order chi connectivity index (χ1) is 12.4. The fourth-order valence-electron chi connectivity index (χ4n) is 3.21. The number of hydrogen-bond acceptors (Lipinski definition) is 3. The lowest BCUT2D eigenvalue weighted by Crippen LogP contribution is -2.50. The first-order valence-electron chi connectivity index (χ1n) is 8.44. The monoisotopic (exact) mass is 427 g/mol. The Hall–Kier alpha value is -1.73. The Bertz CT molecular complexity index is 821. The SMILES string of the molecule is FC(F)(F)c1ccc2c(c1)C(Oc1ccc(Br)cc1OC1CNC1)CC2. The van der Waals surface area contributed by atoms with Gasteiger partial charge in [0.25, 0.3) is 0 Å². The Labute approximate surface area is 157 Å². The average Bonchev–Trinajstić information content (AvgIpc) is 2.95. The van der Waals surface area contributed by atoms with Crippen LogP contribution in [0.2, 0.25) is 0 Å². The largest absolute Gasteiger partial charge is 0.484 e. The fraction of sp³-hybridized carbons (Fsp3) is 0.368. The molecule has 4 rings (SSSR count). The molecule has 0 spiro atoms. The molecule has 0 radical (unpaired) electrons. The minimum absolute atomic E-state index is 0.0827. The number of nitrogens with one attached hydrogen (secondary N) is 1. The molecule has 1 fully saturated rings.